The summed E-state index contributed by atoms with van der Waals surface area (Å²) in [5.41, 5.74) is 0.673. The van der Waals surface area contributed by atoms with Crippen LogP contribution in [0.15, 0.2) is 0 Å². The van der Waals surface area contributed by atoms with Gasteiger partial charge in [-0.25, -0.2) is 0 Å². The Hall–Kier alpha value is -0.0800. The van der Waals surface area contributed by atoms with Crippen LogP contribution in [0.3, 0.4) is 0 Å². The van der Waals surface area contributed by atoms with Gasteiger partial charge in [-0.15, -0.1) is 0 Å². The lowest BCUT2D eigenvalue weighted by molar-refractivity contribution is 0.329. The second-order valence-corrected chi connectivity index (χ2v) is 5.51. The first kappa shape index (κ1) is 10.4. The lowest BCUT2D eigenvalue weighted by Gasteiger charge is -2.21. The Labute approximate surface area is 87.8 Å². The lowest BCUT2D eigenvalue weighted by Crippen LogP contribution is -2.32. The van der Waals surface area contributed by atoms with Crippen molar-refractivity contribution in [3.63, 3.8) is 0 Å². The van der Waals surface area contributed by atoms with E-state index in [4.69, 9.17) is 0 Å². The van der Waals surface area contributed by atoms with Crippen molar-refractivity contribution in [1.82, 2.24) is 10.6 Å². The summed E-state index contributed by atoms with van der Waals surface area (Å²) in [4.78, 5) is 0. The van der Waals surface area contributed by atoms with Crippen LogP contribution in [-0.4, -0.2) is 26.2 Å². The fourth-order valence-corrected chi connectivity index (χ4v) is 2.53. The topological polar surface area (TPSA) is 24.1 Å². The Morgan fingerprint density at radius 3 is 2.71 bits per heavy atom. The van der Waals surface area contributed by atoms with Crippen LogP contribution in [0.5, 0.6) is 0 Å². The molecule has 0 radical (unpaired) electrons. The second kappa shape index (κ2) is 4.19. The summed E-state index contributed by atoms with van der Waals surface area (Å²) < 4.78 is 0. The summed E-state index contributed by atoms with van der Waals surface area (Å²) in [5, 5.41) is 7.09. The molecule has 0 aromatic heterocycles. The van der Waals surface area contributed by atoms with Gasteiger partial charge in [-0.2, -0.15) is 0 Å². The molecule has 2 fully saturated rings. The highest BCUT2D eigenvalue weighted by molar-refractivity contribution is 4.97. The largest absolute Gasteiger partial charge is 0.316 e. The highest BCUT2D eigenvalue weighted by atomic mass is 14.9. The van der Waals surface area contributed by atoms with Crippen LogP contribution in [0.25, 0.3) is 0 Å². The Morgan fingerprint density at radius 2 is 2.21 bits per heavy atom. The van der Waals surface area contributed by atoms with Crippen LogP contribution in [0.1, 0.15) is 33.1 Å². The number of hydrogen-bond donors (Lipinski definition) is 2. The summed E-state index contributed by atoms with van der Waals surface area (Å²) in [7, 11) is 0. The lowest BCUT2D eigenvalue weighted by atomic mass is 9.92. The third-order valence-corrected chi connectivity index (χ3v) is 4.19. The van der Waals surface area contributed by atoms with Crippen LogP contribution in [0.4, 0.5) is 0 Å². The Balaban J connectivity index is 1.62. The van der Waals surface area contributed by atoms with Crippen LogP contribution in [0.2, 0.25) is 0 Å². The van der Waals surface area contributed by atoms with Gasteiger partial charge in [0.25, 0.3) is 0 Å². The maximum atomic E-state index is 3.67. The third-order valence-electron chi connectivity index (χ3n) is 4.19. The normalized spacial score (nSPS) is 29.8. The first-order valence-electron chi connectivity index (χ1n) is 6.14. The molecule has 1 heterocycles. The van der Waals surface area contributed by atoms with Crippen molar-refractivity contribution in [2.45, 2.75) is 33.1 Å². The molecule has 1 aliphatic heterocycles. The predicted octanol–water partition coefficient (Wildman–Crippen LogP) is 1.62. The van der Waals surface area contributed by atoms with Crippen molar-refractivity contribution in [2.24, 2.45) is 17.3 Å². The summed E-state index contributed by atoms with van der Waals surface area (Å²) >= 11 is 0. The molecular formula is C12H24N2. The fourth-order valence-electron chi connectivity index (χ4n) is 2.53. The average molecular weight is 196 g/mol. The van der Waals surface area contributed by atoms with E-state index in [0.29, 0.717) is 5.41 Å². The van der Waals surface area contributed by atoms with Crippen LogP contribution >= 0.6 is 0 Å². The zero-order chi connectivity index (χ0) is 10.0. The van der Waals surface area contributed by atoms with E-state index in [9.17, 15) is 0 Å². The summed E-state index contributed by atoms with van der Waals surface area (Å²) in [6, 6.07) is 0. The quantitative estimate of drug-likeness (QED) is 0.698. The molecular weight excluding hydrogens is 172 g/mol. The maximum absolute atomic E-state index is 3.67. The SMILES string of the molecule is CC(C)C1(CNCC2CCNC2)CC1. The molecule has 2 aliphatic rings. The van der Waals surface area contributed by atoms with E-state index in [0.717, 1.165) is 11.8 Å². The molecule has 0 bridgehead atoms. The van der Waals surface area contributed by atoms with Crippen molar-refractivity contribution in [2.75, 3.05) is 26.2 Å². The van der Waals surface area contributed by atoms with E-state index < -0.39 is 0 Å². The molecule has 0 amide bonds. The first-order valence-corrected chi connectivity index (χ1v) is 6.14. The number of rotatable bonds is 5. The average Bonchev–Trinajstić information content (AvgIpc) is 2.76. The Morgan fingerprint density at radius 1 is 1.43 bits per heavy atom. The predicted molar refractivity (Wildman–Crippen MR) is 60.4 cm³/mol. The van der Waals surface area contributed by atoms with E-state index >= 15 is 0 Å². The van der Waals surface area contributed by atoms with E-state index in [-0.39, 0.29) is 0 Å². The van der Waals surface area contributed by atoms with Crippen molar-refractivity contribution >= 4 is 0 Å². The van der Waals surface area contributed by atoms with Gasteiger partial charge in [0.05, 0.1) is 0 Å². The van der Waals surface area contributed by atoms with E-state index in [1.54, 1.807) is 0 Å². The van der Waals surface area contributed by atoms with Crippen molar-refractivity contribution in [1.29, 1.82) is 0 Å². The molecule has 14 heavy (non-hydrogen) atoms. The summed E-state index contributed by atoms with van der Waals surface area (Å²) in [6.07, 6.45) is 4.25. The van der Waals surface area contributed by atoms with Gasteiger partial charge in [-0.3, -0.25) is 0 Å². The molecule has 1 atom stereocenters. The van der Waals surface area contributed by atoms with Crippen LogP contribution in [0, 0.1) is 17.3 Å². The van der Waals surface area contributed by atoms with Crippen molar-refractivity contribution in [3.05, 3.63) is 0 Å². The molecule has 2 rings (SSSR count). The van der Waals surface area contributed by atoms with Gasteiger partial charge in [-0.05, 0) is 56.1 Å². The number of hydrogen-bond acceptors (Lipinski definition) is 2. The molecule has 0 aromatic rings. The molecule has 1 aliphatic carbocycles. The van der Waals surface area contributed by atoms with Gasteiger partial charge in [-0.1, -0.05) is 13.8 Å². The number of nitrogens with one attached hydrogen (secondary N) is 2. The van der Waals surface area contributed by atoms with Gasteiger partial charge >= 0.3 is 0 Å². The van der Waals surface area contributed by atoms with Gasteiger partial charge in [0, 0.05) is 6.54 Å². The Bertz CT molecular complexity index is 179. The molecule has 1 unspecified atom stereocenters. The minimum Gasteiger partial charge on any atom is -0.316 e. The molecule has 1 saturated heterocycles. The van der Waals surface area contributed by atoms with Gasteiger partial charge in [0.15, 0.2) is 0 Å². The highest BCUT2D eigenvalue weighted by Gasteiger charge is 2.44. The Kier molecular flexibility index (Phi) is 3.13. The molecule has 2 nitrogen and oxygen atoms in total. The van der Waals surface area contributed by atoms with E-state index in [2.05, 4.69) is 24.5 Å². The molecule has 0 aromatic carbocycles. The maximum Gasteiger partial charge on any atom is 0.00104 e. The van der Waals surface area contributed by atoms with Crippen LogP contribution in [-0.2, 0) is 0 Å². The third kappa shape index (κ3) is 2.29. The molecule has 1 saturated carbocycles. The monoisotopic (exact) mass is 196 g/mol. The standard InChI is InChI=1S/C12H24N2/c1-10(2)12(4-5-12)9-14-8-11-3-6-13-7-11/h10-11,13-14H,3-9H2,1-2H3. The van der Waals surface area contributed by atoms with E-state index in [1.165, 1.54) is 45.4 Å². The molecule has 82 valence electrons. The van der Waals surface area contributed by atoms with Gasteiger partial charge in [0.2, 0.25) is 0 Å². The first-order chi connectivity index (χ1) is 6.73. The summed E-state index contributed by atoms with van der Waals surface area (Å²) in [6.45, 7) is 9.66. The zero-order valence-electron chi connectivity index (χ0n) is 9.60. The smallest absolute Gasteiger partial charge is 0.00104 e. The zero-order valence-corrected chi connectivity index (χ0v) is 9.60. The minimum absolute atomic E-state index is 0.673. The fraction of sp³-hybridized carbons (Fsp3) is 1.00. The van der Waals surface area contributed by atoms with Crippen molar-refractivity contribution in [3.8, 4) is 0 Å². The molecule has 2 N–H and O–H groups in total. The molecule has 0 spiro atoms. The van der Waals surface area contributed by atoms with Crippen molar-refractivity contribution < 1.29 is 0 Å². The highest BCUT2D eigenvalue weighted by Crippen LogP contribution is 2.51. The molecule has 2 heteroatoms. The van der Waals surface area contributed by atoms with Gasteiger partial charge in [0.1, 0.15) is 0 Å². The van der Waals surface area contributed by atoms with E-state index in [1.807, 2.05) is 0 Å². The van der Waals surface area contributed by atoms with Crippen LogP contribution < -0.4 is 10.6 Å². The second-order valence-electron chi connectivity index (χ2n) is 5.51. The minimum atomic E-state index is 0.673. The van der Waals surface area contributed by atoms with Gasteiger partial charge < -0.3 is 10.6 Å². The summed E-state index contributed by atoms with van der Waals surface area (Å²) in [5.74, 6) is 1.75.